The van der Waals surface area contributed by atoms with Gasteiger partial charge in [0.2, 0.25) is 0 Å². The fourth-order valence-electron chi connectivity index (χ4n) is 3.20. The van der Waals surface area contributed by atoms with Gasteiger partial charge in [-0.2, -0.15) is 0 Å². The second kappa shape index (κ2) is 7.65. The van der Waals surface area contributed by atoms with Gasteiger partial charge in [-0.05, 0) is 62.8 Å². The molecule has 20 heavy (non-hydrogen) atoms. The highest BCUT2D eigenvalue weighted by Gasteiger charge is 2.24. The SMILES string of the molecule is CC(CCc1ccc(O)cc1)NC1CCCCC1CN. The van der Waals surface area contributed by atoms with Crippen molar-refractivity contribution >= 4 is 0 Å². The van der Waals surface area contributed by atoms with Gasteiger partial charge in [-0.15, -0.1) is 0 Å². The van der Waals surface area contributed by atoms with E-state index in [0.29, 0.717) is 23.8 Å². The molecular formula is C17H28N2O. The maximum absolute atomic E-state index is 9.28. The first-order chi connectivity index (χ1) is 9.69. The molecular weight excluding hydrogens is 248 g/mol. The molecule has 112 valence electrons. The van der Waals surface area contributed by atoms with Gasteiger partial charge in [0, 0.05) is 12.1 Å². The highest BCUT2D eigenvalue weighted by molar-refractivity contribution is 5.25. The van der Waals surface area contributed by atoms with Crippen LogP contribution in [0.25, 0.3) is 0 Å². The van der Waals surface area contributed by atoms with Crippen molar-refractivity contribution in [3.63, 3.8) is 0 Å². The Balaban J connectivity index is 1.76. The maximum Gasteiger partial charge on any atom is 0.115 e. The molecule has 1 aromatic rings. The first kappa shape index (κ1) is 15.3. The van der Waals surface area contributed by atoms with E-state index in [1.165, 1.54) is 31.2 Å². The number of aromatic hydroxyl groups is 1. The third kappa shape index (κ3) is 4.50. The lowest BCUT2D eigenvalue weighted by atomic mass is 9.84. The van der Waals surface area contributed by atoms with E-state index in [1.807, 2.05) is 12.1 Å². The van der Waals surface area contributed by atoms with E-state index in [-0.39, 0.29) is 0 Å². The average Bonchev–Trinajstić information content (AvgIpc) is 2.47. The molecule has 3 heteroatoms. The largest absolute Gasteiger partial charge is 0.508 e. The number of rotatable bonds is 6. The minimum atomic E-state index is 0.341. The van der Waals surface area contributed by atoms with Crippen LogP contribution in [0.15, 0.2) is 24.3 Å². The number of benzene rings is 1. The van der Waals surface area contributed by atoms with Gasteiger partial charge in [-0.1, -0.05) is 25.0 Å². The molecule has 1 aliphatic rings. The minimum Gasteiger partial charge on any atom is -0.508 e. The molecule has 3 atom stereocenters. The van der Waals surface area contributed by atoms with Crippen molar-refractivity contribution < 1.29 is 5.11 Å². The van der Waals surface area contributed by atoms with E-state index in [4.69, 9.17) is 5.73 Å². The average molecular weight is 276 g/mol. The van der Waals surface area contributed by atoms with E-state index in [1.54, 1.807) is 12.1 Å². The Kier molecular flexibility index (Phi) is 5.86. The Morgan fingerprint density at radius 1 is 1.25 bits per heavy atom. The zero-order valence-corrected chi connectivity index (χ0v) is 12.5. The van der Waals surface area contributed by atoms with Gasteiger partial charge < -0.3 is 16.2 Å². The van der Waals surface area contributed by atoms with Gasteiger partial charge in [0.15, 0.2) is 0 Å². The number of phenols is 1. The van der Waals surface area contributed by atoms with Crippen molar-refractivity contribution in [3.8, 4) is 5.75 Å². The Labute approximate surface area is 122 Å². The topological polar surface area (TPSA) is 58.3 Å². The Morgan fingerprint density at radius 2 is 1.95 bits per heavy atom. The molecule has 0 amide bonds. The lowest BCUT2D eigenvalue weighted by Gasteiger charge is -2.33. The van der Waals surface area contributed by atoms with Crippen LogP contribution >= 0.6 is 0 Å². The molecule has 0 aliphatic heterocycles. The predicted octanol–water partition coefficient (Wildman–Crippen LogP) is 2.82. The summed E-state index contributed by atoms with van der Waals surface area (Å²) >= 11 is 0. The van der Waals surface area contributed by atoms with Crippen molar-refractivity contribution in [1.82, 2.24) is 5.32 Å². The number of hydrogen-bond acceptors (Lipinski definition) is 3. The van der Waals surface area contributed by atoms with E-state index in [0.717, 1.165) is 19.4 Å². The number of nitrogens with two attached hydrogens (primary N) is 1. The van der Waals surface area contributed by atoms with Crippen LogP contribution in [0, 0.1) is 5.92 Å². The zero-order chi connectivity index (χ0) is 14.4. The second-order valence-corrected chi connectivity index (χ2v) is 6.16. The zero-order valence-electron chi connectivity index (χ0n) is 12.5. The highest BCUT2D eigenvalue weighted by atomic mass is 16.3. The molecule has 4 N–H and O–H groups in total. The van der Waals surface area contributed by atoms with Crippen LogP contribution in [-0.4, -0.2) is 23.7 Å². The summed E-state index contributed by atoms with van der Waals surface area (Å²) in [4.78, 5) is 0. The molecule has 3 nitrogen and oxygen atoms in total. The van der Waals surface area contributed by atoms with E-state index >= 15 is 0 Å². The van der Waals surface area contributed by atoms with Gasteiger partial charge in [-0.25, -0.2) is 0 Å². The summed E-state index contributed by atoms with van der Waals surface area (Å²) in [5.74, 6) is 0.993. The summed E-state index contributed by atoms with van der Waals surface area (Å²) < 4.78 is 0. The molecule has 0 heterocycles. The second-order valence-electron chi connectivity index (χ2n) is 6.16. The Bertz CT molecular complexity index is 390. The molecule has 0 spiro atoms. The quantitative estimate of drug-likeness (QED) is 0.749. The number of hydrogen-bond donors (Lipinski definition) is 3. The summed E-state index contributed by atoms with van der Waals surface area (Å²) in [5, 5.41) is 13.1. The Morgan fingerprint density at radius 3 is 2.65 bits per heavy atom. The van der Waals surface area contributed by atoms with Crippen LogP contribution in [0.3, 0.4) is 0 Å². The fraction of sp³-hybridized carbons (Fsp3) is 0.647. The number of aryl methyl sites for hydroxylation is 1. The lowest BCUT2D eigenvalue weighted by molar-refractivity contribution is 0.248. The van der Waals surface area contributed by atoms with E-state index < -0.39 is 0 Å². The van der Waals surface area contributed by atoms with Gasteiger partial charge in [0.25, 0.3) is 0 Å². The van der Waals surface area contributed by atoms with Crippen molar-refractivity contribution in [3.05, 3.63) is 29.8 Å². The summed E-state index contributed by atoms with van der Waals surface area (Å²) in [6.07, 6.45) is 7.39. The van der Waals surface area contributed by atoms with Crippen LogP contribution < -0.4 is 11.1 Å². The van der Waals surface area contributed by atoms with E-state index in [2.05, 4.69) is 12.2 Å². The molecule has 0 saturated heterocycles. The van der Waals surface area contributed by atoms with Gasteiger partial charge in [0.05, 0.1) is 0 Å². The summed E-state index contributed by atoms with van der Waals surface area (Å²) in [6.45, 7) is 3.07. The van der Waals surface area contributed by atoms with Crippen LogP contribution in [-0.2, 0) is 6.42 Å². The number of nitrogens with one attached hydrogen (secondary N) is 1. The summed E-state index contributed by atoms with van der Waals surface area (Å²) in [5.41, 5.74) is 7.17. The first-order valence-electron chi connectivity index (χ1n) is 7.93. The predicted molar refractivity (Wildman–Crippen MR) is 83.8 cm³/mol. The molecule has 1 aromatic carbocycles. The fourth-order valence-corrected chi connectivity index (χ4v) is 3.20. The summed E-state index contributed by atoms with van der Waals surface area (Å²) in [6, 6.07) is 8.65. The normalized spacial score (nSPS) is 24.5. The van der Waals surface area contributed by atoms with Crippen molar-refractivity contribution in [2.45, 2.75) is 57.5 Å². The molecule has 3 unspecified atom stereocenters. The first-order valence-corrected chi connectivity index (χ1v) is 7.93. The molecule has 0 aromatic heterocycles. The third-order valence-corrected chi connectivity index (χ3v) is 4.51. The van der Waals surface area contributed by atoms with Crippen molar-refractivity contribution in [2.75, 3.05) is 6.54 Å². The monoisotopic (exact) mass is 276 g/mol. The maximum atomic E-state index is 9.28. The smallest absolute Gasteiger partial charge is 0.115 e. The molecule has 0 bridgehead atoms. The van der Waals surface area contributed by atoms with Gasteiger partial charge in [-0.3, -0.25) is 0 Å². The van der Waals surface area contributed by atoms with Gasteiger partial charge in [0.1, 0.15) is 5.75 Å². The molecule has 1 saturated carbocycles. The standard InChI is InChI=1S/C17H28N2O/c1-13(6-7-14-8-10-16(20)11-9-14)19-17-5-3-2-4-15(17)12-18/h8-11,13,15,17,19-20H,2-7,12,18H2,1H3. The van der Waals surface area contributed by atoms with Crippen LogP contribution in [0.4, 0.5) is 0 Å². The number of phenolic OH excluding ortho intramolecular Hbond substituents is 1. The lowest BCUT2D eigenvalue weighted by Crippen LogP contribution is -2.45. The van der Waals surface area contributed by atoms with Gasteiger partial charge >= 0.3 is 0 Å². The molecule has 2 rings (SSSR count). The van der Waals surface area contributed by atoms with Crippen molar-refractivity contribution in [2.24, 2.45) is 11.7 Å². The molecule has 0 radical (unpaired) electrons. The molecule has 1 fully saturated rings. The van der Waals surface area contributed by atoms with Crippen molar-refractivity contribution in [1.29, 1.82) is 0 Å². The Hall–Kier alpha value is -1.06. The van der Waals surface area contributed by atoms with Crippen LogP contribution in [0.2, 0.25) is 0 Å². The molecule has 1 aliphatic carbocycles. The van der Waals surface area contributed by atoms with Crippen LogP contribution in [0.1, 0.15) is 44.6 Å². The van der Waals surface area contributed by atoms with E-state index in [9.17, 15) is 5.11 Å². The highest BCUT2D eigenvalue weighted by Crippen LogP contribution is 2.24. The minimum absolute atomic E-state index is 0.341. The summed E-state index contributed by atoms with van der Waals surface area (Å²) in [7, 11) is 0. The third-order valence-electron chi connectivity index (χ3n) is 4.51. The van der Waals surface area contributed by atoms with Crippen LogP contribution in [0.5, 0.6) is 5.75 Å².